The van der Waals surface area contributed by atoms with Crippen LogP contribution in [-0.2, 0) is 34.5 Å². The van der Waals surface area contributed by atoms with Crippen molar-refractivity contribution in [2.24, 2.45) is 0 Å². The van der Waals surface area contributed by atoms with Gasteiger partial charge in [0.15, 0.2) is 31.5 Å². The minimum atomic E-state index is -3.12. The molecule has 0 saturated carbocycles. The first kappa shape index (κ1) is 29.9. The minimum Gasteiger partial charge on any atom is -0.407 e. The van der Waals surface area contributed by atoms with Crippen molar-refractivity contribution in [3.8, 4) is 6.07 Å². The Bertz CT molecular complexity index is 1510. The molecule has 2 fully saturated rings. The summed E-state index contributed by atoms with van der Waals surface area (Å²) in [4.78, 5) is 26.1. The largest absolute Gasteiger partial charge is 0.407 e. The molecule has 1 aromatic carbocycles. The number of hydrogen-bond acceptors (Lipinski definition) is 11. The SMILES string of the molecule is CC(C)(C)[Si](C)(C)O[C@@H]1[C@@H]2OP(=S)(OCCC#N)OC[C@H]2O[C@H]1n1cnc2c(NC(=O)c3ccccc3)ncnc21. The fourth-order valence-corrected chi connectivity index (χ4v) is 7.73. The van der Waals surface area contributed by atoms with Crippen LogP contribution < -0.4 is 5.32 Å². The molecule has 3 aromatic rings. The number of ether oxygens (including phenoxy) is 1. The molecule has 5 rings (SSSR count). The fourth-order valence-electron chi connectivity index (χ4n) is 4.35. The van der Waals surface area contributed by atoms with Crippen LogP contribution in [0.15, 0.2) is 43.0 Å². The topological polar surface area (TPSA) is 143 Å². The Morgan fingerprint density at radius 1 is 1.27 bits per heavy atom. The molecule has 0 bridgehead atoms. The van der Waals surface area contributed by atoms with E-state index in [2.05, 4.69) is 54.1 Å². The molecular formula is C26H33N6O6PSSi. The molecule has 218 valence electrons. The first-order valence-corrected chi connectivity index (χ1v) is 18.7. The van der Waals surface area contributed by atoms with E-state index in [0.717, 1.165) is 0 Å². The predicted molar refractivity (Wildman–Crippen MR) is 157 cm³/mol. The Hall–Kier alpha value is -2.60. The number of nitrogens with zero attached hydrogens (tertiary/aromatic N) is 5. The summed E-state index contributed by atoms with van der Waals surface area (Å²) < 4.78 is 33.0. The van der Waals surface area contributed by atoms with Gasteiger partial charge in [0.2, 0.25) is 0 Å². The van der Waals surface area contributed by atoms with Crippen molar-refractivity contribution in [2.45, 2.75) is 69.9 Å². The van der Waals surface area contributed by atoms with Crippen LogP contribution >= 0.6 is 6.72 Å². The maximum absolute atomic E-state index is 12.8. The number of hydrogen-bond donors (Lipinski definition) is 1. The highest BCUT2D eigenvalue weighted by atomic mass is 32.5. The summed E-state index contributed by atoms with van der Waals surface area (Å²) in [5, 5.41) is 11.7. The molecule has 1 N–H and O–H groups in total. The van der Waals surface area contributed by atoms with Crippen molar-refractivity contribution in [1.82, 2.24) is 19.5 Å². The maximum atomic E-state index is 12.8. The van der Waals surface area contributed by atoms with Gasteiger partial charge in [0.25, 0.3) is 5.91 Å². The van der Waals surface area contributed by atoms with Crippen molar-refractivity contribution < 1.29 is 27.5 Å². The van der Waals surface area contributed by atoms with Gasteiger partial charge in [-0.3, -0.25) is 13.9 Å². The second-order valence-electron chi connectivity index (χ2n) is 11.3. The number of carbonyl (C=O) groups is 1. The summed E-state index contributed by atoms with van der Waals surface area (Å²) in [5.74, 6) is -0.0315. The van der Waals surface area contributed by atoms with Crippen molar-refractivity contribution >= 4 is 49.7 Å². The van der Waals surface area contributed by atoms with E-state index >= 15 is 0 Å². The van der Waals surface area contributed by atoms with Crippen LogP contribution in [0, 0.1) is 11.3 Å². The molecule has 2 aliphatic rings. The lowest BCUT2D eigenvalue weighted by Crippen LogP contribution is -2.50. The van der Waals surface area contributed by atoms with E-state index < -0.39 is 39.6 Å². The van der Waals surface area contributed by atoms with E-state index in [1.807, 2.05) is 12.1 Å². The van der Waals surface area contributed by atoms with Crippen molar-refractivity contribution in [3.05, 3.63) is 48.5 Å². The lowest BCUT2D eigenvalue weighted by atomic mass is 10.1. The average molecular weight is 617 g/mol. The molecule has 1 unspecified atom stereocenters. The Morgan fingerprint density at radius 3 is 2.73 bits per heavy atom. The van der Waals surface area contributed by atoms with Gasteiger partial charge >= 0.3 is 6.72 Å². The van der Waals surface area contributed by atoms with Crippen molar-refractivity contribution in [1.29, 1.82) is 5.26 Å². The third-order valence-electron chi connectivity index (χ3n) is 7.53. The second-order valence-corrected chi connectivity index (χ2v) is 19.0. The first-order valence-electron chi connectivity index (χ1n) is 13.2. The standard InChI is InChI=1S/C26H33N6O6PSSi/c1-26(2,3)41(4,5)38-21-20-18(14-35-39(40,37-20)34-13-9-12-27)36-25(21)32-16-30-19-22(28-15-29-23(19)32)31-24(33)17-10-7-6-8-11-17/h6-8,10-11,15-16,18,20-21,25H,9,13-14H2,1-5H3,(H,28,29,31,33)/t18-,20-,21-,25-,39?/m1/s1. The Balaban J connectivity index is 1.48. The molecule has 1 amide bonds. The van der Waals surface area contributed by atoms with E-state index in [1.165, 1.54) is 6.33 Å². The van der Waals surface area contributed by atoms with E-state index in [0.29, 0.717) is 16.7 Å². The summed E-state index contributed by atoms with van der Waals surface area (Å²) in [5.41, 5.74) is 1.36. The van der Waals surface area contributed by atoms with Crippen LogP contribution in [0.2, 0.25) is 18.1 Å². The van der Waals surface area contributed by atoms with Gasteiger partial charge in [0.1, 0.15) is 24.6 Å². The van der Waals surface area contributed by atoms with Gasteiger partial charge in [-0.2, -0.15) is 5.26 Å². The molecule has 2 saturated heterocycles. The number of amides is 1. The van der Waals surface area contributed by atoms with Gasteiger partial charge in [-0.25, -0.2) is 15.0 Å². The van der Waals surface area contributed by atoms with Crippen molar-refractivity contribution in [3.63, 3.8) is 0 Å². The quantitative estimate of drug-likeness (QED) is 0.209. The minimum absolute atomic E-state index is 0.0988. The molecule has 0 spiro atoms. The number of rotatable bonds is 8. The monoisotopic (exact) mass is 616 g/mol. The van der Waals surface area contributed by atoms with Crippen LogP contribution in [0.25, 0.3) is 11.2 Å². The number of imidazole rings is 1. The highest BCUT2D eigenvalue weighted by Gasteiger charge is 2.55. The lowest BCUT2D eigenvalue weighted by molar-refractivity contribution is -0.0617. The summed E-state index contributed by atoms with van der Waals surface area (Å²) in [6.07, 6.45) is 0.820. The average Bonchev–Trinajstić information content (AvgIpc) is 3.50. The molecule has 4 heterocycles. The van der Waals surface area contributed by atoms with E-state index in [9.17, 15) is 4.79 Å². The number of benzene rings is 1. The number of carbonyl (C=O) groups excluding carboxylic acids is 1. The van der Waals surface area contributed by atoms with E-state index in [-0.39, 0.29) is 36.4 Å². The van der Waals surface area contributed by atoms with Gasteiger partial charge in [0, 0.05) is 5.56 Å². The molecule has 15 heteroatoms. The third kappa shape index (κ3) is 6.13. The fraction of sp³-hybridized carbons (Fsp3) is 0.500. The predicted octanol–water partition coefficient (Wildman–Crippen LogP) is 4.94. The van der Waals surface area contributed by atoms with Crippen LogP contribution in [0.4, 0.5) is 5.82 Å². The van der Waals surface area contributed by atoms with Crippen LogP contribution in [0.1, 0.15) is 43.8 Å². The van der Waals surface area contributed by atoms with Crippen LogP contribution in [-0.4, -0.2) is 65.3 Å². The van der Waals surface area contributed by atoms with Gasteiger partial charge < -0.3 is 23.5 Å². The molecule has 41 heavy (non-hydrogen) atoms. The van der Waals surface area contributed by atoms with Gasteiger partial charge in [-0.1, -0.05) is 39.0 Å². The molecule has 5 atom stereocenters. The molecule has 12 nitrogen and oxygen atoms in total. The lowest BCUT2D eigenvalue weighted by Gasteiger charge is -2.41. The van der Waals surface area contributed by atoms with E-state index in [4.69, 9.17) is 39.8 Å². The molecule has 2 aromatic heterocycles. The summed E-state index contributed by atoms with van der Waals surface area (Å²) in [7, 11) is -2.35. The van der Waals surface area contributed by atoms with Gasteiger partial charge in [-0.05, 0) is 42.1 Å². The second kappa shape index (κ2) is 11.6. The highest BCUT2D eigenvalue weighted by molar-refractivity contribution is 8.07. The van der Waals surface area contributed by atoms with Crippen molar-refractivity contribution in [2.75, 3.05) is 18.5 Å². The van der Waals surface area contributed by atoms with E-state index in [1.54, 1.807) is 35.2 Å². The summed E-state index contributed by atoms with van der Waals surface area (Å²) in [6.45, 7) is 7.93. The third-order valence-corrected chi connectivity index (χ3v) is 14.4. The molecule has 0 aliphatic carbocycles. The zero-order valence-electron chi connectivity index (χ0n) is 23.5. The number of nitrogens with one attached hydrogen (secondary N) is 1. The van der Waals surface area contributed by atoms with Crippen LogP contribution in [0.5, 0.6) is 0 Å². The normalized spacial score (nSPS) is 26.4. The van der Waals surface area contributed by atoms with Gasteiger partial charge in [0.05, 0.1) is 32.0 Å². The number of anilines is 1. The maximum Gasteiger partial charge on any atom is 0.327 e. The van der Waals surface area contributed by atoms with Gasteiger partial charge in [-0.15, -0.1) is 0 Å². The van der Waals surface area contributed by atoms with Crippen LogP contribution in [0.3, 0.4) is 0 Å². The summed E-state index contributed by atoms with van der Waals surface area (Å²) >= 11 is 5.63. The Kier molecular flexibility index (Phi) is 8.44. The Labute approximate surface area is 244 Å². The summed E-state index contributed by atoms with van der Waals surface area (Å²) in [6, 6.07) is 10.9. The highest BCUT2D eigenvalue weighted by Crippen LogP contribution is 2.58. The number of nitriles is 1. The zero-order valence-corrected chi connectivity index (χ0v) is 26.2. The smallest absolute Gasteiger partial charge is 0.327 e. The molecular weight excluding hydrogens is 583 g/mol. The number of fused-ring (bicyclic) bond motifs is 2. The number of aromatic nitrogens is 4. The Morgan fingerprint density at radius 2 is 2.02 bits per heavy atom. The zero-order chi connectivity index (χ0) is 29.4. The molecule has 0 radical (unpaired) electrons. The molecule has 2 aliphatic heterocycles. The first-order chi connectivity index (χ1) is 19.4.